The Hall–Kier alpha value is -3.83. The summed E-state index contributed by atoms with van der Waals surface area (Å²) in [4.78, 5) is 8.48. The van der Waals surface area contributed by atoms with Gasteiger partial charge in [-0.15, -0.1) is 0 Å². The third-order valence-electron chi connectivity index (χ3n) is 6.46. The quantitative estimate of drug-likeness (QED) is 0.242. The van der Waals surface area contributed by atoms with Gasteiger partial charge in [0.1, 0.15) is 23.6 Å². The van der Waals surface area contributed by atoms with Gasteiger partial charge in [0.15, 0.2) is 0 Å². The number of aryl methyl sites for hydroxylation is 2. The molecule has 0 aliphatic carbocycles. The molecule has 0 atom stereocenters. The van der Waals surface area contributed by atoms with Crippen molar-refractivity contribution in [2.24, 2.45) is 5.73 Å². The topological polar surface area (TPSA) is 73.2 Å². The number of nitrogens with two attached hydrogens (primary N) is 1. The molecule has 0 radical (unpaired) electrons. The Morgan fingerprint density at radius 2 is 1.77 bits per heavy atom. The molecule has 0 aliphatic rings. The minimum atomic E-state index is 0.542. The fourth-order valence-electron chi connectivity index (χ4n) is 4.67. The number of rotatable bonds is 9. The molecule has 178 valence electrons. The zero-order valence-corrected chi connectivity index (χ0v) is 20.3. The molecule has 2 aromatic heterocycles. The third kappa shape index (κ3) is 4.73. The van der Waals surface area contributed by atoms with Gasteiger partial charge in [-0.25, -0.2) is 4.98 Å². The number of hydrogen-bond donors (Lipinski definition) is 2. The summed E-state index contributed by atoms with van der Waals surface area (Å²) in [5, 5.41) is 2.26. The molecule has 2 heterocycles. The molecule has 3 aromatic carbocycles. The fraction of sp³-hybridized carbons (Fsp3) is 0.233. The Morgan fingerprint density at radius 3 is 2.57 bits per heavy atom. The van der Waals surface area contributed by atoms with Gasteiger partial charge < -0.3 is 20.2 Å². The van der Waals surface area contributed by atoms with E-state index in [0.717, 1.165) is 69.7 Å². The summed E-state index contributed by atoms with van der Waals surface area (Å²) < 4.78 is 11.8. The van der Waals surface area contributed by atoms with Crippen molar-refractivity contribution < 1.29 is 9.47 Å². The standard InChI is InChI=1S/C30H31N3O2/c1-20-11-13-25-24(14-16-28(34-2)30(25)32-20)29-23(10-6-7-17-31)26-18-22(12-15-27(26)33-29)35-19-21-8-4-3-5-9-21/h3-5,8-9,11-16,18,33H,6-7,10,17,19,31H2,1-2H3. The van der Waals surface area contributed by atoms with E-state index in [-0.39, 0.29) is 0 Å². The number of pyridine rings is 1. The Balaban J connectivity index is 1.60. The van der Waals surface area contributed by atoms with E-state index in [0.29, 0.717) is 13.2 Å². The van der Waals surface area contributed by atoms with Crippen LogP contribution in [0.3, 0.4) is 0 Å². The lowest BCUT2D eigenvalue weighted by Gasteiger charge is -2.12. The first kappa shape index (κ1) is 22.9. The summed E-state index contributed by atoms with van der Waals surface area (Å²) in [7, 11) is 1.69. The molecule has 3 N–H and O–H groups in total. The van der Waals surface area contributed by atoms with Gasteiger partial charge in [0.25, 0.3) is 0 Å². The molecule has 5 rings (SSSR count). The molecule has 0 fully saturated rings. The van der Waals surface area contributed by atoms with E-state index in [1.807, 2.05) is 37.3 Å². The first-order valence-corrected chi connectivity index (χ1v) is 12.1. The minimum absolute atomic E-state index is 0.542. The number of fused-ring (bicyclic) bond motifs is 2. The highest BCUT2D eigenvalue weighted by Crippen LogP contribution is 2.39. The van der Waals surface area contributed by atoms with Crippen LogP contribution in [0.2, 0.25) is 0 Å². The van der Waals surface area contributed by atoms with Crippen LogP contribution in [0.5, 0.6) is 11.5 Å². The molecular formula is C30H31N3O2. The zero-order chi connectivity index (χ0) is 24.2. The number of nitrogens with one attached hydrogen (secondary N) is 1. The van der Waals surface area contributed by atoms with Crippen LogP contribution in [-0.2, 0) is 13.0 Å². The predicted octanol–water partition coefficient (Wildman–Crippen LogP) is 6.56. The highest BCUT2D eigenvalue weighted by molar-refractivity contribution is 6.01. The smallest absolute Gasteiger partial charge is 0.145 e. The first-order chi connectivity index (χ1) is 17.2. The predicted molar refractivity (Wildman–Crippen MR) is 143 cm³/mol. The molecule has 5 heteroatoms. The van der Waals surface area contributed by atoms with E-state index in [2.05, 4.69) is 47.4 Å². The molecule has 0 bridgehead atoms. The van der Waals surface area contributed by atoms with E-state index in [4.69, 9.17) is 20.2 Å². The Morgan fingerprint density at radius 1 is 0.914 bits per heavy atom. The van der Waals surface area contributed by atoms with Gasteiger partial charge in [-0.1, -0.05) is 36.4 Å². The molecule has 0 saturated heterocycles. The Labute approximate surface area is 205 Å². The lowest BCUT2D eigenvalue weighted by Crippen LogP contribution is -1.99. The molecule has 0 saturated carbocycles. The van der Waals surface area contributed by atoms with Crippen molar-refractivity contribution in [2.45, 2.75) is 32.8 Å². The normalized spacial score (nSPS) is 11.3. The lowest BCUT2D eigenvalue weighted by atomic mass is 9.97. The van der Waals surface area contributed by atoms with Gasteiger partial charge in [0.2, 0.25) is 0 Å². The van der Waals surface area contributed by atoms with Crippen molar-refractivity contribution in [1.82, 2.24) is 9.97 Å². The summed E-state index contributed by atoms with van der Waals surface area (Å²) >= 11 is 0. The second kappa shape index (κ2) is 10.2. The van der Waals surface area contributed by atoms with Crippen LogP contribution in [0.25, 0.3) is 33.1 Å². The molecular weight excluding hydrogens is 434 g/mol. The molecule has 35 heavy (non-hydrogen) atoms. The van der Waals surface area contributed by atoms with Crippen molar-refractivity contribution in [3.63, 3.8) is 0 Å². The largest absolute Gasteiger partial charge is 0.494 e. The molecule has 5 aromatic rings. The number of hydrogen-bond acceptors (Lipinski definition) is 4. The molecule has 5 nitrogen and oxygen atoms in total. The van der Waals surface area contributed by atoms with Crippen LogP contribution in [0.15, 0.2) is 72.8 Å². The van der Waals surface area contributed by atoms with Crippen LogP contribution in [0.1, 0.15) is 29.7 Å². The lowest BCUT2D eigenvalue weighted by molar-refractivity contribution is 0.306. The van der Waals surface area contributed by atoms with E-state index < -0.39 is 0 Å². The van der Waals surface area contributed by atoms with Gasteiger partial charge in [-0.05, 0) is 80.3 Å². The molecule has 0 spiro atoms. The van der Waals surface area contributed by atoms with E-state index in [1.54, 1.807) is 7.11 Å². The van der Waals surface area contributed by atoms with Crippen LogP contribution in [-0.4, -0.2) is 23.6 Å². The van der Waals surface area contributed by atoms with E-state index in [9.17, 15) is 0 Å². The molecule has 0 amide bonds. The van der Waals surface area contributed by atoms with Crippen LogP contribution >= 0.6 is 0 Å². The summed E-state index contributed by atoms with van der Waals surface area (Å²) in [6.45, 7) is 3.24. The number of H-pyrrole nitrogens is 1. The van der Waals surface area contributed by atoms with Crippen molar-refractivity contribution in [1.29, 1.82) is 0 Å². The highest BCUT2D eigenvalue weighted by atomic mass is 16.5. The van der Waals surface area contributed by atoms with Gasteiger partial charge in [-0.3, -0.25) is 0 Å². The molecule has 0 unspecified atom stereocenters. The van der Waals surface area contributed by atoms with Gasteiger partial charge in [0, 0.05) is 27.5 Å². The van der Waals surface area contributed by atoms with Gasteiger partial charge in [0.05, 0.1) is 12.8 Å². The second-order valence-electron chi connectivity index (χ2n) is 8.87. The van der Waals surface area contributed by atoms with Crippen molar-refractivity contribution in [3.8, 4) is 22.8 Å². The number of unbranched alkanes of at least 4 members (excludes halogenated alkanes) is 1. The monoisotopic (exact) mass is 465 g/mol. The third-order valence-corrected chi connectivity index (χ3v) is 6.46. The number of aromatic nitrogens is 2. The van der Waals surface area contributed by atoms with Crippen molar-refractivity contribution in [3.05, 3.63) is 89.6 Å². The van der Waals surface area contributed by atoms with Crippen molar-refractivity contribution in [2.75, 3.05) is 13.7 Å². The minimum Gasteiger partial charge on any atom is -0.494 e. The average molecular weight is 466 g/mol. The fourth-order valence-corrected chi connectivity index (χ4v) is 4.67. The van der Waals surface area contributed by atoms with E-state index in [1.165, 1.54) is 10.9 Å². The zero-order valence-electron chi connectivity index (χ0n) is 20.3. The Kier molecular flexibility index (Phi) is 6.68. The number of ether oxygens (including phenoxy) is 2. The number of aromatic amines is 1. The van der Waals surface area contributed by atoms with Gasteiger partial charge in [-0.2, -0.15) is 0 Å². The summed E-state index contributed by atoms with van der Waals surface area (Å²) in [5.41, 5.74) is 13.4. The number of nitrogens with zero attached hydrogens (tertiary/aromatic N) is 1. The van der Waals surface area contributed by atoms with Crippen molar-refractivity contribution >= 4 is 21.8 Å². The molecule has 0 aliphatic heterocycles. The van der Waals surface area contributed by atoms with Gasteiger partial charge >= 0.3 is 0 Å². The Bertz CT molecular complexity index is 1460. The number of benzene rings is 3. The first-order valence-electron chi connectivity index (χ1n) is 12.1. The average Bonchev–Trinajstić information content (AvgIpc) is 3.25. The maximum Gasteiger partial charge on any atom is 0.145 e. The SMILES string of the molecule is COc1ccc(-c2[nH]c3ccc(OCc4ccccc4)cc3c2CCCCN)c2ccc(C)nc12. The van der Waals surface area contributed by atoms with E-state index >= 15 is 0 Å². The maximum atomic E-state index is 6.15. The highest BCUT2D eigenvalue weighted by Gasteiger charge is 2.18. The second-order valence-corrected chi connectivity index (χ2v) is 8.87. The van der Waals surface area contributed by atoms with Crippen LogP contribution < -0.4 is 15.2 Å². The maximum absolute atomic E-state index is 6.15. The summed E-state index contributed by atoms with van der Waals surface area (Å²) in [5.74, 6) is 1.65. The summed E-state index contributed by atoms with van der Waals surface area (Å²) in [6.07, 6.45) is 2.94. The van der Waals surface area contributed by atoms with Crippen LogP contribution in [0, 0.1) is 6.92 Å². The van der Waals surface area contributed by atoms with Crippen LogP contribution in [0.4, 0.5) is 0 Å². The summed E-state index contributed by atoms with van der Waals surface area (Å²) in [6, 6.07) is 24.9. The number of methoxy groups -OCH3 is 1.